The van der Waals surface area contributed by atoms with Crippen LogP contribution in [0.5, 0.6) is 5.75 Å². The smallest absolute Gasteiger partial charge is 0.307 e. The number of benzene rings is 3. The Morgan fingerprint density at radius 1 is 1.03 bits per heavy atom. The highest BCUT2D eigenvalue weighted by atomic mass is 16.5. The van der Waals surface area contributed by atoms with Crippen molar-refractivity contribution in [2.45, 2.75) is 26.0 Å². The van der Waals surface area contributed by atoms with Gasteiger partial charge in [0.05, 0.1) is 12.7 Å². The Hall–Kier alpha value is -3.57. The van der Waals surface area contributed by atoms with E-state index in [0.29, 0.717) is 11.3 Å². The average Bonchev–Trinajstić information content (AvgIpc) is 3.15. The highest BCUT2D eigenvalue weighted by Crippen LogP contribution is 2.30. The molecule has 5 nitrogen and oxygen atoms in total. The Balaban J connectivity index is 1.61. The summed E-state index contributed by atoms with van der Waals surface area (Å²) in [5.74, 6) is -0.325. The van der Waals surface area contributed by atoms with Crippen LogP contribution in [-0.4, -0.2) is 11.1 Å². The summed E-state index contributed by atoms with van der Waals surface area (Å²) < 4.78 is 11.6. The summed E-state index contributed by atoms with van der Waals surface area (Å²) in [6.07, 6.45) is 1.61. The molecule has 0 bridgehead atoms. The molecule has 0 saturated heterocycles. The lowest BCUT2D eigenvalue weighted by molar-refractivity contribution is -0.136. The van der Waals surface area contributed by atoms with E-state index in [4.69, 9.17) is 20.0 Å². The van der Waals surface area contributed by atoms with Crippen molar-refractivity contribution in [1.82, 2.24) is 0 Å². The van der Waals surface area contributed by atoms with Gasteiger partial charge in [-0.15, -0.1) is 0 Å². The van der Waals surface area contributed by atoms with Crippen LogP contribution in [0.25, 0.3) is 22.1 Å². The largest absolute Gasteiger partial charge is 0.488 e. The molecule has 1 unspecified atom stereocenters. The first kappa shape index (κ1) is 19.7. The molecule has 30 heavy (non-hydrogen) atoms. The van der Waals surface area contributed by atoms with Crippen molar-refractivity contribution in [3.05, 3.63) is 89.7 Å². The predicted molar refractivity (Wildman–Crippen MR) is 116 cm³/mol. The molecule has 1 atom stereocenters. The molecule has 0 aliphatic heterocycles. The molecule has 0 radical (unpaired) electrons. The summed E-state index contributed by atoms with van der Waals surface area (Å²) in [7, 11) is 0. The Bertz CT molecular complexity index is 1190. The van der Waals surface area contributed by atoms with Gasteiger partial charge in [-0.3, -0.25) is 4.79 Å². The summed E-state index contributed by atoms with van der Waals surface area (Å²) in [4.78, 5) is 11.1. The minimum atomic E-state index is -0.890. The number of aliphatic carboxylic acids is 1. The van der Waals surface area contributed by atoms with E-state index in [9.17, 15) is 4.79 Å². The molecule has 1 heterocycles. The second-order valence-electron chi connectivity index (χ2n) is 7.35. The standard InChI is InChI=1S/C25H23NO4/c1-16(26)17-6-4-7-18(11-17)19-9-10-24-22(12-19)21(15-30-24)14-29-23-8-3-2-5-20(23)13-25(27)28/h2-12,15-16H,13-14,26H2,1H3,(H,27,28). The first-order valence-electron chi connectivity index (χ1n) is 9.80. The summed E-state index contributed by atoms with van der Waals surface area (Å²) in [6, 6.07) is 21.4. The minimum Gasteiger partial charge on any atom is -0.488 e. The fourth-order valence-corrected chi connectivity index (χ4v) is 3.48. The van der Waals surface area contributed by atoms with Gasteiger partial charge in [0, 0.05) is 22.6 Å². The van der Waals surface area contributed by atoms with Crippen molar-refractivity contribution in [3.63, 3.8) is 0 Å². The van der Waals surface area contributed by atoms with Crippen LogP contribution in [0.1, 0.15) is 29.7 Å². The van der Waals surface area contributed by atoms with Gasteiger partial charge in [0.2, 0.25) is 0 Å². The monoisotopic (exact) mass is 401 g/mol. The lowest BCUT2D eigenvalue weighted by atomic mass is 9.99. The molecule has 5 heteroatoms. The molecular weight excluding hydrogens is 378 g/mol. The number of fused-ring (bicyclic) bond motifs is 1. The SMILES string of the molecule is CC(N)c1cccc(-c2ccc3occ(COc4ccccc4CC(=O)O)c3c2)c1. The zero-order chi connectivity index (χ0) is 21.1. The first-order chi connectivity index (χ1) is 14.5. The van der Waals surface area contributed by atoms with E-state index in [2.05, 4.69) is 18.2 Å². The van der Waals surface area contributed by atoms with Crippen molar-refractivity contribution in [2.75, 3.05) is 0 Å². The number of hydrogen-bond donors (Lipinski definition) is 2. The van der Waals surface area contributed by atoms with E-state index in [1.807, 2.05) is 37.3 Å². The van der Waals surface area contributed by atoms with Crippen molar-refractivity contribution in [1.29, 1.82) is 0 Å². The van der Waals surface area contributed by atoms with E-state index in [1.165, 1.54) is 0 Å². The summed E-state index contributed by atoms with van der Waals surface area (Å²) in [5, 5.41) is 10.1. The Labute approximate surface area is 174 Å². The number of ether oxygens (including phenoxy) is 1. The van der Waals surface area contributed by atoms with Gasteiger partial charge < -0.3 is 20.0 Å². The normalized spacial score (nSPS) is 12.1. The van der Waals surface area contributed by atoms with Crippen LogP contribution in [0.15, 0.2) is 77.4 Å². The van der Waals surface area contributed by atoms with Crippen molar-refractivity contribution in [3.8, 4) is 16.9 Å². The maximum atomic E-state index is 11.1. The predicted octanol–water partition coefficient (Wildman–Crippen LogP) is 5.33. The third-order valence-electron chi connectivity index (χ3n) is 5.10. The summed E-state index contributed by atoms with van der Waals surface area (Å²) >= 11 is 0. The third-order valence-corrected chi connectivity index (χ3v) is 5.10. The second kappa shape index (κ2) is 8.43. The first-order valence-corrected chi connectivity index (χ1v) is 9.80. The van der Waals surface area contributed by atoms with Gasteiger partial charge in [-0.05, 0) is 47.9 Å². The maximum Gasteiger partial charge on any atom is 0.307 e. The van der Waals surface area contributed by atoms with Gasteiger partial charge in [0.1, 0.15) is 17.9 Å². The topological polar surface area (TPSA) is 85.7 Å². The lowest BCUT2D eigenvalue weighted by Crippen LogP contribution is -2.04. The number of carboxylic acid groups (broad SMARTS) is 1. The van der Waals surface area contributed by atoms with Gasteiger partial charge in [-0.25, -0.2) is 0 Å². The van der Waals surface area contributed by atoms with Gasteiger partial charge in [0.15, 0.2) is 0 Å². The molecule has 152 valence electrons. The third kappa shape index (κ3) is 4.21. The van der Waals surface area contributed by atoms with E-state index >= 15 is 0 Å². The number of para-hydroxylation sites is 1. The second-order valence-corrected chi connectivity index (χ2v) is 7.35. The van der Waals surface area contributed by atoms with Crippen molar-refractivity contribution >= 4 is 16.9 Å². The maximum absolute atomic E-state index is 11.1. The minimum absolute atomic E-state index is 0.0302. The molecular formula is C25H23NO4. The number of furan rings is 1. The zero-order valence-corrected chi connectivity index (χ0v) is 16.7. The van der Waals surface area contributed by atoms with Crippen LogP contribution < -0.4 is 10.5 Å². The van der Waals surface area contributed by atoms with E-state index in [0.717, 1.165) is 33.2 Å². The van der Waals surface area contributed by atoms with E-state index in [-0.39, 0.29) is 19.1 Å². The van der Waals surface area contributed by atoms with Gasteiger partial charge >= 0.3 is 5.97 Å². The van der Waals surface area contributed by atoms with Gasteiger partial charge in [-0.2, -0.15) is 0 Å². The van der Waals surface area contributed by atoms with Crippen molar-refractivity contribution < 1.29 is 19.1 Å². The molecule has 0 amide bonds. The molecule has 0 spiro atoms. The number of carbonyl (C=O) groups is 1. The van der Waals surface area contributed by atoms with Crippen LogP contribution in [0, 0.1) is 0 Å². The quantitative estimate of drug-likeness (QED) is 0.437. The van der Waals surface area contributed by atoms with E-state index < -0.39 is 5.97 Å². The van der Waals surface area contributed by atoms with Crippen LogP contribution >= 0.6 is 0 Å². The molecule has 0 aliphatic rings. The highest BCUT2D eigenvalue weighted by Gasteiger charge is 2.12. The van der Waals surface area contributed by atoms with Gasteiger partial charge in [0.25, 0.3) is 0 Å². The molecule has 0 fully saturated rings. The van der Waals surface area contributed by atoms with Crippen LogP contribution in [-0.2, 0) is 17.8 Å². The molecule has 4 rings (SSSR count). The molecule has 0 saturated carbocycles. The fourth-order valence-electron chi connectivity index (χ4n) is 3.48. The Morgan fingerprint density at radius 3 is 2.63 bits per heavy atom. The average molecular weight is 401 g/mol. The van der Waals surface area contributed by atoms with Crippen LogP contribution in [0.3, 0.4) is 0 Å². The van der Waals surface area contributed by atoms with Crippen LogP contribution in [0.2, 0.25) is 0 Å². The summed E-state index contributed by atoms with van der Waals surface area (Å²) in [5.41, 5.74) is 11.6. The lowest BCUT2D eigenvalue weighted by Gasteiger charge is -2.10. The Kier molecular flexibility index (Phi) is 5.55. The zero-order valence-electron chi connectivity index (χ0n) is 16.7. The highest BCUT2D eigenvalue weighted by molar-refractivity contribution is 5.86. The van der Waals surface area contributed by atoms with E-state index in [1.54, 1.807) is 24.5 Å². The number of rotatable bonds is 7. The number of hydrogen-bond acceptors (Lipinski definition) is 4. The molecule has 0 aliphatic carbocycles. The van der Waals surface area contributed by atoms with Crippen LogP contribution in [0.4, 0.5) is 0 Å². The number of carboxylic acids is 1. The summed E-state index contributed by atoms with van der Waals surface area (Å²) in [6.45, 7) is 2.25. The number of nitrogens with two attached hydrogens (primary N) is 1. The molecule has 3 aromatic carbocycles. The molecule has 1 aromatic heterocycles. The Morgan fingerprint density at radius 2 is 1.83 bits per heavy atom. The molecule has 3 N–H and O–H groups in total. The molecule has 4 aromatic rings. The fraction of sp³-hybridized carbons (Fsp3) is 0.160. The van der Waals surface area contributed by atoms with Gasteiger partial charge in [-0.1, -0.05) is 42.5 Å². The van der Waals surface area contributed by atoms with Crippen molar-refractivity contribution in [2.24, 2.45) is 5.73 Å².